The summed E-state index contributed by atoms with van der Waals surface area (Å²) in [4.78, 5) is 24.0. The molecular weight excluding hydrogens is 306 g/mol. The van der Waals surface area contributed by atoms with Crippen molar-refractivity contribution >= 4 is 18.0 Å². The van der Waals surface area contributed by atoms with Crippen LogP contribution >= 0.6 is 0 Å². The van der Waals surface area contributed by atoms with Crippen molar-refractivity contribution in [2.45, 2.75) is 12.3 Å². The highest BCUT2D eigenvalue weighted by Crippen LogP contribution is 2.26. The Morgan fingerprint density at radius 2 is 1.92 bits per heavy atom. The number of hydrogen-bond acceptors (Lipinski definition) is 3. The van der Waals surface area contributed by atoms with Crippen LogP contribution < -0.4 is 5.32 Å². The van der Waals surface area contributed by atoms with Gasteiger partial charge in [0.05, 0.1) is 0 Å². The minimum absolute atomic E-state index is 0.147. The van der Waals surface area contributed by atoms with Crippen LogP contribution in [0.4, 0.5) is 0 Å². The van der Waals surface area contributed by atoms with E-state index in [-0.39, 0.29) is 12.4 Å². The van der Waals surface area contributed by atoms with Crippen LogP contribution in [0.15, 0.2) is 55.0 Å². The van der Waals surface area contributed by atoms with Crippen LogP contribution in [0.25, 0.3) is 16.8 Å². The largest absolute Gasteiger partial charge is 0.483 e. The maximum Gasteiger partial charge on any atom is 0.290 e. The summed E-state index contributed by atoms with van der Waals surface area (Å²) < 4.78 is 1.99. The molecule has 1 aromatic carbocycles. The Bertz CT molecular complexity index is 855. The van der Waals surface area contributed by atoms with Crippen molar-refractivity contribution in [1.29, 1.82) is 0 Å². The second-order valence-electron chi connectivity index (χ2n) is 5.54. The van der Waals surface area contributed by atoms with Gasteiger partial charge in [-0.15, -0.1) is 0 Å². The zero-order valence-electron chi connectivity index (χ0n) is 12.9. The molecule has 0 bridgehead atoms. The fraction of sp³-hybridized carbons (Fsp3) is 0.167. The highest BCUT2D eigenvalue weighted by Gasteiger charge is 2.22. The molecule has 6 nitrogen and oxygen atoms in total. The smallest absolute Gasteiger partial charge is 0.290 e. The number of benzene rings is 1. The van der Waals surface area contributed by atoms with Crippen molar-refractivity contribution < 1.29 is 14.7 Å². The molecule has 1 aliphatic rings. The normalized spacial score (nSPS) is 16.3. The average Bonchev–Trinajstić information content (AvgIpc) is 3.24. The molecule has 1 unspecified atom stereocenters. The van der Waals surface area contributed by atoms with Crippen molar-refractivity contribution in [1.82, 2.24) is 14.7 Å². The number of rotatable bonds is 2. The third-order valence-corrected chi connectivity index (χ3v) is 4.09. The number of carbonyl (C=O) groups is 2. The molecule has 1 saturated heterocycles. The zero-order chi connectivity index (χ0) is 16.9. The number of pyridine rings is 1. The van der Waals surface area contributed by atoms with Crippen LogP contribution in [0.1, 0.15) is 17.9 Å². The summed E-state index contributed by atoms with van der Waals surface area (Å²) in [6.45, 7) is 0.498. The number of fused-ring (bicyclic) bond motifs is 1. The number of nitrogens with zero attached hydrogens (tertiary/aromatic N) is 2. The standard InChI is InChI=1S/C17H15N3O.CH2O2/c21-17-10-15(11-19-17)13-3-1-12(2-4-13)14-5-7-20-8-6-18-16(20)9-14;2-1-3/h1-9,15H,10-11H2,(H,19,21);1H,(H,2,3). The maximum atomic E-state index is 11.3. The van der Waals surface area contributed by atoms with Gasteiger partial charge in [-0.3, -0.25) is 9.59 Å². The first-order chi connectivity index (χ1) is 11.7. The minimum atomic E-state index is -0.250. The molecule has 122 valence electrons. The predicted octanol–water partition coefficient (Wildman–Crippen LogP) is 2.31. The number of carbonyl (C=O) groups excluding carboxylic acids is 1. The molecule has 0 radical (unpaired) electrons. The second kappa shape index (κ2) is 6.95. The average molecular weight is 323 g/mol. The fourth-order valence-corrected chi connectivity index (χ4v) is 2.88. The molecular formula is C18H17N3O3. The fourth-order valence-electron chi connectivity index (χ4n) is 2.88. The third kappa shape index (κ3) is 3.27. The van der Waals surface area contributed by atoms with E-state index in [9.17, 15) is 4.79 Å². The number of nitrogens with one attached hydrogen (secondary N) is 1. The number of carboxylic acid groups (broad SMARTS) is 1. The molecule has 4 rings (SSSR count). The molecule has 1 atom stereocenters. The lowest BCUT2D eigenvalue weighted by Crippen LogP contribution is -2.13. The van der Waals surface area contributed by atoms with Crippen LogP contribution in [0, 0.1) is 0 Å². The number of aromatic nitrogens is 2. The summed E-state index contributed by atoms with van der Waals surface area (Å²) in [5, 5.41) is 9.77. The lowest BCUT2D eigenvalue weighted by Gasteiger charge is -2.09. The molecule has 0 spiro atoms. The van der Waals surface area contributed by atoms with E-state index in [4.69, 9.17) is 9.90 Å². The molecule has 0 saturated carbocycles. The molecule has 1 aliphatic heterocycles. The van der Waals surface area contributed by atoms with Gasteiger partial charge < -0.3 is 14.8 Å². The van der Waals surface area contributed by atoms with Gasteiger partial charge in [0.1, 0.15) is 5.65 Å². The van der Waals surface area contributed by atoms with E-state index in [0.29, 0.717) is 12.3 Å². The summed E-state index contributed by atoms with van der Waals surface area (Å²) in [6, 6.07) is 12.6. The minimum Gasteiger partial charge on any atom is -0.483 e. The third-order valence-electron chi connectivity index (χ3n) is 4.09. The van der Waals surface area contributed by atoms with E-state index in [1.54, 1.807) is 6.20 Å². The van der Waals surface area contributed by atoms with Crippen LogP contribution in [-0.4, -0.2) is 33.4 Å². The van der Waals surface area contributed by atoms with Gasteiger partial charge in [-0.1, -0.05) is 24.3 Å². The van der Waals surface area contributed by atoms with Gasteiger partial charge in [0.2, 0.25) is 5.91 Å². The Morgan fingerprint density at radius 3 is 2.58 bits per heavy atom. The summed E-state index contributed by atoms with van der Waals surface area (Å²) in [5.74, 6) is 0.454. The molecule has 6 heteroatoms. The molecule has 1 fully saturated rings. The first-order valence-corrected chi connectivity index (χ1v) is 7.59. The van der Waals surface area contributed by atoms with Crippen molar-refractivity contribution in [3.63, 3.8) is 0 Å². The summed E-state index contributed by atoms with van der Waals surface area (Å²) in [5.41, 5.74) is 4.49. The SMILES string of the molecule is O=C1CC(c2ccc(-c3ccn4ccnc4c3)cc2)CN1.O=CO. The lowest BCUT2D eigenvalue weighted by atomic mass is 9.96. The van der Waals surface area contributed by atoms with Crippen molar-refractivity contribution in [2.24, 2.45) is 0 Å². The molecule has 3 aromatic rings. The summed E-state index contributed by atoms with van der Waals surface area (Å²) >= 11 is 0. The van der Waals surface area contributed by atoms with Crippen LogP contribution in [-0.2, 0) is 9.59 Å². The van der Waals surface area contributed by atoms with Crippen molar-refractivity contribution in [3.8, 4) is 11.1 Å². The monoisotopic (exact) mass is 323 g/mol. The Morgan fingerprint density at radius 1 is 1.17 bits per heavy atom. The van der Waals surface area contributed by atoms with E-state index < -0.39 is 0 Å². The van der Waals surface area contributed by atoms with Crippen molar-refractivity contribution in [2.75, 3.05) is 6.54 Å². The Labute approximate surface area is 138 Å². The molecule has 24 heavy (non-hydrogen) atoms. The topological polar surface area (TPSA) is 83.7 Å². The Kier molecular flexibility index (Phi) is 4.56. The maximum absolute atomic E-state index is 11.3. The molecule has 2 N–H and O–H groups in total. The number of imidazole rings is 1. The van der Waals surface area contributed by atoms with Gasteiger partial charge in [-0.25, -0.2) is 4.98 Å². The molecule has 3 heterocycles. The van der Waals surface area contributed by atoms with E-state index >= 15 is 0 Å². The quantitative estimate of drug-likeness (QED) is 0.709. The zero-order valence-corrected chi connectivity index (χ0v) is 12.9. The van der Waals surface area contributed by atoms with Crippen LogP contribution in [0.3, 0.4) is 0 Å². The van der Waals surface area contributed by atoms with Gasteiger partial charge in [-0.2, -0.15) is 0 Å². The molecule has 0 aliphatic carbocycles. The summed E-state index contributed by atoms with van der Waals surface area (Å²) in [7, 11) is 0. The van der Waals surface area contributed by atoms with E-state index in [1.165, 1.54) is 11.1 Å². The van der Waals surface area contributed by atoms with Gasteiger partial charge in [0.25, 0.3) is 6.47 Å². The van der Waals surface area contributed by atoms with Gasteiger partial charge >= 0.3 is 0 Å². The van der Waals surface area contributed by atoms with Gasteiger partial charge in [0.15, 0.2) is 0 Å². The molecule has 1 amide bonds. The second-order valence-corrected chi connectivity index (χ2v) is 5.54. The molecule has 2 aromatic heterocycles. The first-order valence-electron chi connectivity index (χ1n) is 7.59. The number of hydrogen-bond donors (Lipinski definition) is 2. The predicted molar refractivity (Wildman–Crippen MR) is 89.7 cm³/mol. The number of amides is 1. The Hall–Kier alpha value is -3.15. The van der Waals surface area contributed by atoms with E-state index in [1.807, 2.05) is 16.8 Å². The van der Waals surface area contributed by atoms with Gasteiger partial charge in [-0.05, 0) is 28.8 Å². The van der Waals surface area contributed by atoms with E-state index in [0.717, 1.165) is 17.8 Å². The first kappa shape index (κ1) is 15.7. The van der Waals surface area contributed by atoms with Crippen LogP contribution in [0.5, 0.6) is 0 Å². The van der Waals surface area contributed by atoms with E-state index in [2.05, 4.69) is 46.7 Å². The van der Waals surface area contributed by atoms with Crippen molar-refractivity contribution in [3.05, 3.63) is 60.6 Å². The highest BCUT2D eigenvalue weighted by molar-refractivity contribution is 5.79. The van der Waals surface area contributed by atoms with Gasteiger partial charge in [0, 0.05) is 37.5 Å². The Balaban J connectivity index is 0.000000526. The highest BCUT2D eigenvalue weighted by atomic mass is 16.3. The lowest BCUT2D eigenvalue weighted by molar-refractivity contribution is -0.123. The summed E-state index contributed by atoms with van der Waals surface area (Å²) in [6.07, 6.45) is 6.35. The van der Waals surface area contributed by atoms with Crippen LogP contribution in [0.2, 0.25) is 0 Å².